The Kier molecular flexibility index (Phi) is 1.94. The molecule has 1 radical (unpaired) electrons. The van der Waals surface area contributed by atoms with Gasteiger partial charge in [-0.05, 0) is 6.07 Å². The van der Waals surface area contributed by atoms with E-state index >= 15 is 0 Å². The Bertz CT molecular complexity index is 453. The molecule has 1 aromatic carbocycles. The van der Waals surface area contributed by atoms with Gasteiger partial charge in [-0.2, -0.15) is 0 Å². The van der Waals surface area contributed by atoms with Gasteiger partial charge in [-0.15, -0.1) is 10.2 Å². The van der Waals surface area contributed by atoms with Crippen molar-refractivity contribution < 1.29 is 9.34 Å². The first-order chi connectivity index (χ1) is 6.77. The van der Waals surface area contributed by atoms with E-state index in [1.807, 2.05) is 0 Å². The molecular formula is C8H4N3O3. The van der Waals surface area contributed by atoms with Gasteiger partial charge in [0, 0.05) is 17.7 Å². The summed E-state index contributed by atoms with van der Waals surface area (Å²) >= 11 is 0. The second-order valence-electron chi connectivity index (χ2n) is 2.51. The van der Waals surface area contributed by atoms with Crippen LogP contribution in [-0.2, 0) is 0 Å². The molecule has 0 spiro atoms. The number of benzene rings is 1. The maximum atomic E-state index is 10.5. The molecule has 2 aromatic rings. The SMILES string of the molecule is O=[N+]([O-])c1cccc(-c2nn[c]o2)c1. The van der Waals surface area contributed by atoms with Gasteiger partial charge in [0.15, 0.2) is 0 Å². The molecule has 1 heterocycles. The van der Waals surface area contributed by atoms with Gasteiger partial charge in [0.25, 0.3) is 5.69 Å². The van der Waals surface area contributed by atoms with Crippen LogP contribution in [0.1, 0.15) is 0 Å². The number of non-ortho nitro benzene ring substituents is 1. The third-order valence-electron chi connectivity index (χ3n) is 1.63. The van der Waals surface area contributed by atoms with Crippen molar-refractivity contribution in [1.82, 2.24) is 10.2 Å². The molecule has 1 aromatic heterocycles. The minimum absolute atomic E-state index is 0.0132. The van der Waals surface area contributed by atoms with E-state index in [0.29, 0.717) is 5.56 Å². The Morgan fingerprint density at radius 3 is 3.00 bits per heavy atom. The van der Waals surface area contributed by atoms with Crippen molar-refractivity contribution >= 4 is 5.69 Å². The van der Waals surface area contributed by atoms with Crippen LogP contribution in [-0.4, -0.2) is 15.1 Å². The summed E-state index contributed by atoms with van der Waals surface area (Å²) in [5.74, 6) is 0.216. The van der Waals surface area contributed by atoms with Gasteiger partial charge in [0.1, 0.15) is 0 Å². The smallest absolute Gasteiger partial charge is 0.306 e. The van der Waals surface area contributed by atoms with Crippen molar-refractivity contribution in [3.05, 3.63) is 40.8 Å². The maximum absolute atomic E-state index is 10.5. The maximum Gasteiger partial charge on any atom is 0.306 e. The summed E-state index contributed by atoms with van der Waals surface area (Å²) in [4.78, 5) is 9.97. The first-order valence-corrected chi connectivity index (χ1v) is 3.72. The van der Waals surface area contributed by atoms with E-state index in [0.717, 1.165) is 0 Å². The summed E-state index contributed by atoms with van der Waals surface area (Å²) in [6, 6.07) is 5.96. The monoisotopic (exact) mass is 190 g/mol. The number of nitrogens with zero attached hydrogens (tertiary/aromatic N) is 3. The summed E-state index contributed by atoms with van der Waals surface area (Å²) < 4.78 is 4.78. The lowest BCUT2D eigenvalue weighted by Gasteiger charge is -1.93. The van der Waals surface area contributed by atoms with E-state index in [4.69, 9.17) is 4.42 Å². The molecule has 0 aliphatic rings. The summed E-state index contributed by atoms with van der Waals surface area (Å²) in [5, 5.41) is 17.4. The molecule has 0 N–H and O–H groups in total. The minimum Gasteiger partial charge on any atom is -0.412 e. The van der Waals surface area contributed by atoms with Crippen LogP contribution in [0.3, 0.4) is 0 Å². The average Bonchev–Trinajstić information content (AvgIpc) is 2.71. The lowest BCUT2D eigenvalue weighted by atomic mass is 10.2. The van der Waals surface area contributed by atoms with E-state index in [-0.39, 0.29) is 11.6 Å². The molecule has 0 saturated heterocycles. The van der Waals surface area contributed by atoms with E-state index < -0.39 is 4.92 Å². The van der Waals surface area contributed by atoms with Gasteiger partial charge in [0.05, 0.1) is 4.92 Å². The number of rotatable bonds is 2. The highest BCUT2D eigenvalue weighted by Crippen LogP contribution is 2.21. The molecule has 6 nitrogen and oxygen atoms in total. The fraction of sp³-hybridized carbons (Fsp3) is 0. The van der Waals surface area contributed by atoms with Crippen LogP contribution >= 0.6 is 0 Å². The van der Waals surface area contributed by atoms with Gasteiger partial charge in [-0.25, -0.2) is 0 Å². The average molecular weight is 190 g/mol. The summed E-state index contributed by atoms with van der Waals surface area (Å²) in [6.45, 7) is 0. The third-order valence-corrected chi connectivity index (χ3v) is 1.63. The summed E-state index contributed by atoms with van der Waals surface area (Å²) in [6.07, 6.45) is 2.17. The van der Waals surface area contributed by atoms with Gasteiger partial charge < -0.3 is 4.42 Å². The molecule has 0 unspecified atom stereocenters. The van der Waals surface area contributed by atoms with Crippen LogP contribution in [0.5, 0.6) is 0 Å². The summed E-state index contributed by atoms with van der Waals surface area (Å²) in [7, 11) is 0. The van der Waals surface area contributed by atoms with Crippen LogP contribution in [0.25, 0.3) is 11.5 Å². The Hall–Kier alpha value is -2.24. The second-order valence-corrected chi connectivity index (χ2v) is 2.51. The van der Waals surface area contributed by atoms with Crippen molar-refractivity contribution in [3.8, 4) is 11.5 Å². The Morgan fingerprint density at radius 2 is 2.36 bits per heavy atom. The van der Waals surface area contributed by atoms with Crippen molar-refractivity contribution in [1.29, 1.82) is 0 Å². The Balaban J connectivity index is 2.46. The van der Waals surface area contributed by atoms with E-state index in [1.165, 1.54) is 12.1 Å². The number of hydrogen-bond donors (Lipinski definition) is 0. The molecule has 14 heavy (non-hydrogen) atoms. The van der Waals surface area contributed by atoms with E-state index in [9.17, 15) is 10.1 Å². The van der Waals surface area contributed by atoms with E-state index in [2.05, 4.69) is 16.6 Å². The topological polar surface area (TPSA) is 82.1 Å². The molecule has 2 rings (SSSR count). The lowest BCUT2D eigenvalue weighted by molar-refractivity contribution is -0.384. The van der Waals surface area contributed by atoms with Gasteiger partial charge in [0.2, 0.25) is 5.89 Å². The van der Waals surface area contributed by atoms with Crippen LogP contribution in [0.4, 0.5) is 5.69 Å². The van der Waals surface area contributed by atoms with E-state index in [1.54, 1.807) is 12.1 Å². The predicted molar refractivity (Wildman–Crippen MR) is 45.2 cm³/mol. The molecule has 6 heteroatoms. The number of hydrogen-bond acceptors (Lipinski definition) is 5. The minimum atomic E-state index is -0.483. The second kappa shape index (κ2) is 3.25. The molecule has 0 saturated carbocycles. The largest absolute Gasteiger partial charge is 0.412 e. The fourth-order valence-electron chi connectivity index (χ4n) is 1.02. The zero-order valence-corrected chi connectivity index (χ0v) is 6.88. The first-order valence-electron chi connectivity index (χ1n) is 3.72. The Morgan fingerprint density at radius 1 is 1.50 bits per heavy atom. The van der Waals surface area contributed by atoms with Crippen molar-refractivity contribution in [3.63, 3.8) is 0 Å². The molecule has 0 fully saturated rings. The molecule has 0 atom stereocenters. The number of aromatic nitrogens is 2. The van der Waals surface area contributed by atoms with Crippen LogP contribution in [0, 0.1) is 16.5 Å². The van der Waals surface area contributed by atoms with Crippen LogP contribution in [0.2, 0.25) is 0 Å². The van der Waals surface area contributed by atoms with Gasteiger partial charge in [-0.3, -0.25) is 10.1 Å². The predicted octanol–water partition coefficient (Wildman–Crippen LogP) is 1.44. The highest BCUT2D eigenvalue weighted by Gasteiger charge is 2.09. The number of nitro groups is 1. The van der Waals surface area contributed by atoms with Crippen molar-refractivity contribution in [2.45, 2.75) is 0 Å². The highest BCUT2D eigenvalue weighted by molar-refractivity contribution is 5.56. The molecule has 0 aliphatic carbocycles. The molecule has 0 aliphatic heterocycles. The van der Waals surface area contributed by atoms with Crippen molar-refractivity contribution in [2.75, 3.05) is 0 Å². The molecule has 0 bridgehead atoms. The highest BCUT2D eigenvalue weighted by atomic mass is 16.6. The molecular weight excluding hydrogens is 186 g/mol. The van der Waals surface area contributed by atoms with Gasteiger partial charge in [-0.1, -0.05) is 6.07 Å². The summed E-state index contributed by atoms with van der Waals surface area (Å²) in [5.41, 5.74) is 0.494. The fourth-order valence-corrected chi connectivity index (χ4v) is 1.02. The zero-order valence-electron chi connectivity index (χ0n) is 6.88. The standard InChI is InChI=1S/C8H4N3O3/c12-11(13)7-3-1-2-6(4-7)8-10-9-5-14-8/h1-4H. The van der Waals surface area contributed by atoms with Crippen LogP contribution < -0.4 is 0 Å². The molecule has 69 valence electrons. The third kappa shape index (κ3) is 1.45. The quantitative estimate of drug-likeness (QED) is 0.528. The molecule has 0 amide bonds. The normalized spacial score (nSPS) is 10.0. The van der Waals surface area contributed by atoms with Crippen molar-refractivity contribution in [2.24, 2.45) is 0 Å². The Labute approximate surface area is 78.3 Å². The van der Waals surface area contributed by atoms with Gasteiger partial charge >= 0.3 is 6.39 Å². The number of nitro benzene ring substituents is 1. The first kappa shape index (κ1) is 8.36. The van der Waals surface area contributed by atoms with Crippen LogP contribution in [0.15, 0.2) is 28.7 Å². The lowest BCUT2D eigenvalue weighted by Crippen LogP contribution is -1.88. The zero-order chi connectivity index (χ0) is 9.97.